The van der Waals surface area contributed by atoms with E-state index in [0.717, 1.165) is 11.3 Å². The van der Waals surface area contributed by atoms with E-state index < -0.39 is 17.8 Å². The van der Waals surface area contributed by atoms with Crippen molar-refractivity contribution in [3.63, 3.8) is 0 Å². The monoisotopic (exact) mass is 499 g/mol. The van der Waals surface area contributed by atoms with E-state index in [1.165, 1.54) is 23.4 Å². The smallest absolute Gasteiger partial charge is 0.348 e. The fourth-order valence-electron chi connectivity index (χ4n) is 3.21. The summed E-state index contributed by atoms with van der Waals surface area (Å²) < 4.78 is 17.3. The third-order valence-corrected chi connectivity index (χ3v) is 6.36. The summed E-state index contributed by atoms with van der Waals surface area (Å²) in [5, 5.41) is 7.13. The van der Waals surface area contributed by atoms with E-state index in [0.29, 0.717) is 23.7 Å². The van der Waals surface area contributed by atoms with Gasteiger partial charge in [0.05, 0.1) is 19.3 Å². The van der Waals surface area contributed by atoms with Crippen LogP contribution in [0.4, 0.5) is 5.00 Å². The number of methoxy groups -OCH3 is 1. The number of rotatable bonds is 10. The number of ether oxygens (including phenoxy) is 3. The number of hydrogen-bond donors (Lipinski definition) is 1. The number of anilines is 1. The Morgan fingerprint density at radius 1 is 1.11 bits per heavy atom. The van der Waals surface area contributed by atoms with E-state index in [1.807, 2.05) is 31.2 Å². The molecule has 3 rings (SSSR count). The molecule has 0 aliphatic heterocycles. The third-order valence-electron chi connectivity index (χ3n) is 5.17. The van der Waals surface area contributed by atoms with Gasteiger partial charge in [0.1, 0.15) is 15.6 Å². The summed E-state index contributed by atoms with van der Waals surface area (Å²) in [6.07, 6.45) is 2.26. The second-order valence-electron chi connectivity index (χ2n) is 8.08. The average molecular weight is 500 g/mol. The summed E-state index contributed by atoms with van der Waals surface area (Å²) in [4.78, 5) is 37.8. The van der Waals surface area contributed by atoms with E-state index in [2.05, 4.69) is 24.3 Å². The van der Waals surface area contributed by atoms with Crippen molar-refractivity contribution in [1.82, 2.24) is 9.78 Å². The summed E-state index contributed by atoms with van der Waals surface area (Å²) in [6.45, 7) is 8.07. The molecule has 1 amide bonds. The second-order valence-corrected chi connectivity index (χ2v) is 9.10. The SMILES string of the molecule is CCCOC(=O)c1c(NC(=O)c2ccn(COc3ccc(C(C)C)cc3)n2)sc(C(=O)OC)c1C. The molecule has 10 heteroatoms. The van der Waals surface area contributed by atoms with E-state index in [-0.39, 0.29) is 34.5 Å². The van der Waals surface area contributed by atoms with E-state index >= 15 is 0 Å². The molecule has 2 heterocycles. The predicted octanol–water partition coefficient (Wildman–Crippen LogP) is 5.02. The molecule has 0 aliphatic rings. The Morgan fingerprint density at radius 2 is 1.83 bits per heavy atom. The standard InChI is InChI=1S/C25H29N3O6S/c1-6-13-33-24(30)20-16(4)21(25(31)32-5)35-23(20)26-22(29)19-11-12-28(27-19)14-34-18-9-7-17(8-10-18)15(2)3/h7-12,15H,6,13-14H2,1-5H3,(H,26,29). The van der Waals surface area contributed by atoms with Crippen molar-refractivity contribution in [2.45, 2.75) is 46.8 Å². The molecule has 0 spiro atoms. The highest BCUT2D eigenvalue weighted by molar-refractivity contribution is 7.18. The van der Waals surface area contributed by atoms with Gasteiger partial charge in [0.15, 0.2) is 12.4 Å². The number of carbonyl (C=O) groups excluding carboxylic acids is 3. The molecule has 0 saturated heterocycles. The van der Waals surface area contributed by atoms with Crippen molar-refractivity contribution < 1.29 is 28.6 Å². The zero-order valence-corrected chi connectivity index (χ0v) is 21.2. The number of hydrogen-bond acceptors (Lipinski definition) is 8. The fraction of sp³-hybridized carbons (Fsp3) is 0.360. The van der Waals surface area contributed by atoms with Gasteiger partial charge in [-0.2, -0.15) is 5.10 Å². The first kappa shape index (κ1) is 26.0. The maximum absolute atomic E-state index is 12.9. The highest BCUT2D eigenvalue weighted by Crippen LogP contribution is 2.34. The highest BCUT2D eigenvalue weighted by Gasteiger charge is 2.27. The third kappa shape index (κ3) is 6.27. The molecule has 2 aromatic heterocycles. The van der Waals surface area contributed by atoms with Crippen LogP contribution in [0.25, 0.3) is 0 Å². The lowest BCUT2D eigenvalue weighted by atomic mass is 10.0. The maximum Gasteiger partial charge on any atom is 0.348 e. The maximum atomic E-state index is 12.9. The molecule has 0 radical (unpaired) electrons. The lowest BCUT2D eigenvalue weighted by molar-refractivity contribution is 0.0506. The minimum Gasteiger partial charge on any atom is -0.471 e. The average Bonchev–Trinajstić information content (AvgIpc) is 3.45. The van der Waals surface area contributed by atoms with Crippen LogP contribution in [0.5, 0.6) is 5.75 Å². The van der Waals surface area contributed by atoms with Gasteiger partial charge in [0.2, 0.25) is 0 Å². The van der Waals surface area contributed by atoms with Gasteiger partial charge in [-0.05, 0) is 48.6 Å². The molecule has 3 aromatic rings. The minimum atomic E-state index is -0.617. The first-order valence-corrected chi connectivity index (χ1v) is 12.0. The Hall–Kier alpha value is -3.66. The fourth-order valence-corrected chi connectivity index (χ4v) is 4.32. The number of carbonyl (C=O) groups is 3. The summed E-state index contributed by atoms with van der Waals surface area (Å²) in [5.74, 6) is -0.627. The summed E-state index contributed by atoms with van der Waals surface area (Å²) in [7, 11) is 1.25. The summed E-state index contributed by atoms with van der Waals surface area (Å²) in [6, 6.07) is 9.35. The molecule has 0 bridgehead atoms. The first-order valence-electron chi connectivity index (χ1n) is 11.2. The molecular weight excluding hydrogens is 470 g/mol. The quantitative estimate of drug-likeness (QED) is 0.390. The van der Waals surface area contributed by atoms with Gasteiger partial charge < -0.3 is 19.5 Å². The molecule has 35 heavy (non-hydrogen) atoms. The molecule has 0 fully saturated rings. The number of nitrogens with one attached hydrogen (secondary N) is 1. The molecule has 1 N–H and O–H groups in total. The van der Waals surface area contributed by atoms with Crippen molar-refractivity contribution in [2.75, 3.05) is 19.0 Å². The molecule has 9 nitrogen and oxygen atoms in total. The minimum absolute atomic E-state index is 0.119. The topological polar surface area (TPSA) is 109 Å². The van der Waals surface area contributed by atoms with Crippen molar-refractivity contribution in [2.24, 2.45) is 0 Å². The molecule has 0 saturated carbocycles. The second kappa shape index (κ2) is 11.7. The van der Waals surface area contributed by atoms with Crippen LogP contribution in [0.15, 0.2) is 36.5 Å². The normalized spacial score (nSPS) is 10.8. The molecule has 0 atom stereocenters. The van der Waals surface area contributed by atoms with Gasteiger partial charge >= 0.3 is 11.9 Å². The molecule has 0 aliphatic carbocycles. The zero-order chi connectivity index (χ0) is 25.5. The lowest BCUT2D eigenvalue weighted by Gasteiger charge is -2.09. The van der Waals surface area contributed by atoms with Crippen LogP contribution in [-0.2, 0) is 16.2 Å². The molecule has 0 unspecified atom stereocenters. The van der Waals surface area contributed by atoms with Crippen molar-refractivity contribution in [3.8, 4) is 5.75 Å². The molecular formula is C25H29N3O6S. The van der Waals surface area contributed by atoms with Gasteiger partial charge in [-0.3, -0.25) is 4.79 Å². The van der Waals surface area contributed by atoms with E-state index in [1.54, 1.807) is 13.1 Å². The van der Waals surface area contributed by atoms with Gasteiger partial charge in [-0.25, -0.2) is 14.3 Å². The Morgan fingerprint density at radius 3 is 2.46 bits per heavy atom. The van der Waals surface area contributed by atoms with Crippen molar-refractivity contribution in [3.05, 3.63) is 63.8 Å². The van der Waals surface area contributed by atoms with Crippen molar-refractivity contribution >= 4 is 34.2 Å². The zero-order valence-electron chi connectivity index (χ0n) is 20.4. The Bertz CT molecular complexity index is 1200. The Kier molecular flexibility index (Phi) is 8.64. The van der Waals surface area contributed by atoms with Crippen LogP contribution in [0.2, 0.25) is 0 Å². The van der Waals surface area contributed by atoms with Gasteiger partial charge in [-0.1, -0.05) is 32.9 Å². The van der Waals surface area contributed by atoms with Crippen molar-refractivity contribution in [1.29, 1.82) is 0 Å². The molecule has 186 valence electrons. The number of benzene rings is 1. The predicted molar refractivity (Wildman–Crippen MR) is 132 cm³/mol. The van der Waals surface area contributed by atoms with Crippen LogP contribution < -0.4 is 10.1 Å². The van der Waals surface area contributed by atoms with Crippen LogP contribution in [0, 0.1) is 6.92 Å². The number of amides is 1. The van der Waals surface area contributed by atoms with E-state index in [4.69, 9.17) is 14.2 Å². The van der Waals surface area contributed by atoms with Gasteiger partial charge in [0, 0.05) is 6.20 Å². The van der Waals surface area contributed by atoms with Crippen LogP contribution >= 0.6 is 11.3 Å². The van der Waals surface area contributed by atoms with Gasteiger partial charge in [0.25, 0.3) is 5.91 Å². The number of thiophene rings is 1. The van der Waals surface area contributed by atoms with Crippen LogP contribution in [0.3, 0.4) is 0 Å². The number of nitrogens with zero attached hydrogens (tertiary/aromatic N) is 2. The number of aromatic nitrogens is 2. The lowest BCUT2D eigenvalue weighted by Crippen LogP contribution is -2.16. The largest absolute Gasteiger partial charge is 0.471 e. The number of esters is 2. The Labute approximate surface area is 208 Å². The first-order chi connectivity index (χ1) is 16.7. The molecule has 1 aromatic carbocycles. The van der Waals surface area contributed by atoms with Crippen LogP contribution in [-0.4, -0.2) is 41.3 Å². The summed E-state index contributed by atoms with van der Waals surface area (Å²) >= 11 is 0.954. The van der Waals surface area contributed by atoms with Gasteiger partial charge in [-0.15, -0.1) is 11.3 Å². The highest BCUT2D eigenvalue weighted by atomic mass is 32.1. The summed E-state index contributed by atoms with van der Waals surface area (Å²) in [5.41, 5.74) is 1.86. The van der Waals surface area contributed by atoms with E-state index in [9.17, 15) is 14.4 Å². The van der Waals surface area contributed by atoms with Crippen LogP contribution in [0.1, 0.15) is 74.8 Å². The Balaban J connectivity index is 1.72.